The molecular weight excluding hydrogens is 368 g/mol. The van der Waals surface area contributed by atoms with Gasteiger partial charge in [-0.05, 0) is 42.7 Å². The number of benzene rings is 2. The van der Waals surface area contributed by atoms with Crippen molar-refractivity contribution in [3.05, 3.63) is 69.5 Å². The highest BCUT2D eigenvalue weighted by Gasteiger charge is 2.18. The van der Waals surface area contributed by atoms with E-state index in [9.17, 15) is 4.79 Å². The number of rotatable bonds is 5. The first-order chi connectivity index (χ1) is 12.7. The second-order valence-corrected chi connectivity index (χ2v) is 7.80. The first-order valence-electron chi connectivity index (χ1n) is 8.69. The van der Waals surface area contributed by atoms with Crippen LogP contribution in [-0.2, 0) is 11.3 Å². The van der Waals surface area contributed by atoms with Crippen molar-refractivity contribution in [3.63, 3.8) is 0 Å². The van der Waals surface area contributed by atoms with Gasteiger partial charge in [0.25, 0.3) is 5.56 Å². The van der Waals surface area contributed by atoms with Crippen molar-refractivity contribution in [2.75, 3.05) is 12.4 Å². The number of hydrogen-bond donors (Lipinski definition) is 0. The predicted molar refractivity (Wildman–Crippen MR) is 106 cm³/mol. The van der Waals surface area contributed by atoms with E-state index in [2.05, 4.69) is 0 Å². The molecule has 0 amide bonds. The molecule has 0 unspecified atom stereocenters. The standard InChI is InChI=1S/C20H19ClN2O2S/c21-15-9-7-14(8-10-15)12-23-19(24)17-5-1-2-6-18(17)22-20(23)26-13-16-4-3-11-25-16/h1-2,5-10,16H,3-4,11-13H2/t16-/m0/s1. The quantitative estimate of drug-likeness (QED) is 0.482. The number of ether oxygens (including phenoxy) is 1. The predicted octanol–water partition coefficient (Wildman–Crippen LogP) is 4.37. The van der Waals surface area contributed by atoms with Gasteiger partial charge in [0.15, 0.2) is 5.16 Å². The lowest BCUT2D eigenvalue weighted by atomic mass is 10.2. The third-order valence-electron chi connectivity index (χ3n) is 4.50. The summed E-state index contributed by atoms with van der Waals surface area (Å²) in [6, 6.07) is 15.1. The molecule has 1 fully saturated rings. The second kappa shape index (κ2) is 7.82. The number of thioether (sulfide) groups is 1. The zero-order valence-corrected chi connectivity index (χ0v) is 15.8. The molecule has 0 bridgehead atoms. The Morgan fingerprint density at radius 1 is 1.19 bits per heavy atom. The summed E-state index contributed by atoms with van der Waals surface area (Å²) in [5.74, 6) is 0.811. The Labute approximate surface area is 161 Å². The third-order valence-corrected chi connectivity index (χ3v) is 5.86. The SMILES string of the molecule is O=c1c2ccccc2nc(SC[C@@H]2CCCO2)n1Cc1ccc(Cl)cc1. The van der Waals surface area contributed by atoms with Crippen molar-refractivity contribution < 1.29 is 4.74 Å². The molecule has 3 aromatic rings. The normalized spacial score (nSPS) is 17.0. The van der Waals surface area contributed by atoms with Crippen LogP contribution in [0.25, 0.3) is 10.9 Å². The van der Waals surface area contributed by atoms with Gasteiger partial charge in [0.1, 0.15) is 0 Å². The molecule has 2 heterocycles. The van der Waals surface area contributed by atoms with Gasteiger partial charge in [-0.1, -0.05) is 47.6 Å². The molecule has 4 rings (SSSR count). The van der Waals surface area contributed by atoms with Crippen LogP contribution >= 0.6 is 23.4 Å². The largest absolute Gasteiger partial charge is 0.377 e. The van der Waals surface area contributed by atoms with Crippen molar-refractivity contribution >= 4 is 34.3 Å². The average molecular weight is 387 g/mol. The van der Waals surface area contributed by atoms with Crippen LogP contribution in [0.4, 0.5) is 0 Å². The minimum absolute atomic E-state index is 0.0135. The summed E-state index contributed by atoms with van der Waals surface area (Å²) in [5, 5.41) is 2.06. The minimum Gasteiger partial charge on any atom is -0.377 e. The van der Waals surface area contributed by atoms with Gasteiger partial charge in [0.05, 0.1) is 23.6 Å². The zero-order chi connectivity index (χ0) is 17.9. The van der Waals surface area contributed by atoms with Gasteiger partial charge in [-0.25, -0.2) is 4.98 Å². The Morgan fingerprint density at radius 2 is 2.00 bits per heavy atom. The molecule has 6 heteroatoms. The van der Waals surface area contributed by atoms with Crippen molar-refractivity contribution in [3.8, 4) is 0 Å². The topological polar surface area (TPSA) is 44.1 Å². The monoisotopic (exact) mass is 386 g/mol. The molecule has 26 heavy (non-hydrogen) atoms. The molecule has 0 aliphatic carbocycles. The molecule has 1 saturated heterocycles. The number of nitrogens with zero attached hydrogens (tertiary/aromatic N) is 2. The van der Waals surface area contributed by atoms with E-state index in [1.807, 2.05) is 48.5 Å². The molecule has 1 atom stereocenters. The summed E-state index contributed by atoms with van der Waals surface area (Å²) >= 11 is 7.58. The van der Waals surface area contributed by atoms with Crippen molar-refractivity contribution in [2.45, 2.75) is 30.6 Å². The Balaban J connectivity index is 1.71. The lowest BCUT2D eigenvalue weighted by Gasteiger charge is -2.15. The van der Waals surface area contributed by atoms with Crippen LogP contribution in [-0.4, -0.2) is 28.0 Å². The smallest absolute Gasteiger partial charge is 0.262 e. The van der Waals surface area contributed by atoms with Crippen LogP contribution in [0.15, 0.2) is 58.5 Å². The molecule has 0 saturated carbocycles. The molecule has 2 aromatic carbocycles. The molecule has 0 radical (unpaired) electrons. The lowest BCUT2D eigenvalue weighted by Crippen LogP contribution is -2.24. The maximum absolute atomic E-state index is 13.1. The number of aromatic nitrogens is 2. The molecule has 4 nitrogen and oxygen atoms in total. The van der Waals surface area contributed by atoms with Gasteiger partial charge in [0, 0.05) is 17.4 Å². The Kier molecular flexibility index (Phi) is 5.29. The van der Waals surface area contributed by atoms with E-state index in [0.29, 0.717) is 17.0 Å². The summed E-state index contributed by atoms with van der Waals surface area (Å²) in [6.45, 7) is 1.30. The van der Waals surface area contributed by atoms with Crippen LogP contribution in [0, 0.1) is 0 Å². The van der Waals surface area contributed by atoms with Gasteiger partial charge in [-0.2, -0.15) is 0 Å². The van der Waals surface area contributed by atoms with Crippen molar-refractivity contribution in [1.29, 1.82) is 0 Å². The molecular formula is C20H19ClN2O2S. The van der Waals surface area contributed by atoms with Crippen molar-refractivity contribution in [2.24, 2.45) is 0 Å². The summed E-state index contributed by atoms with van der Waals surface area (Å²) in [5.41, 5.74) is 1.74. The van der Waals surface area contributed by atoms with Gasteiger partial charge < -0.3 is 4.74 Å². The van der Waals surface area contributed by atoms with E-state index < -0.39 is 0 Å². The highest BCUT2D eigenvalue weighted by atomic mass is 35.5. The number of halogens is 1. The van der Waals surface area contributed by atoms with E-state index in [4.69, 9.17) is 21.3 Å². The number of para-hydroxylation sites is 1. The Morgan fingerprint density at radius 3 is 2.77 bits per heavy atom. The number of hydrogen-bond acceptors (Lipinski definition) is 4. The molecule has 0 N–H and O–H groups in total. The Bertz CT molecular complexity index is 966. The summed E-state index contributed by atoms with van der Waals surface area (Å²) in [6.07, 6.45) is 2.42. The van der Waals surface area contributed by atoms with Crippen LogP contribution in [0.2, 0.25) is 5.02 Å². The maximum atomic E-state index is 13.1. The van der Waals surface area contributed by atoms with Gasteiger partial charge in [0.2, 0.25) is 0 Å². The zero-order valence-electron chi connectivity index (χ0n) is 14.2. The fourth-order valence-electron chi connectivity index (χ4n) is 3.11. The van der Waals surface area contributed by atoms with Crippen LogP contribution < -0.4 is 5.56 Å². The first-order valence-corrected chi connectivity index (χ1v) is 10.1. The van der Waals surface area contributed by atoms with E-state index >= 15 is 0 Å². The fraction of sp³-hybridized carbons (Fsp3) is 0.300. The molecule has 134 valence electrons. The van der Waals surface area contributed by atoms with Crippen LogP contribution in [0.3, 0.4) is 0 Å². The average Bonchev–Trinajstić information content (AvgIpc) is 3.18. The van der Waals surface area contributed by atoms with Crippen LogP contribution in [0.1, 0.15) is 18.4 Å². The summed E-state index contributed by atoms with van der Waals surface area (Å²) in [4.78, 5) is 17.8. The molecule has 1 aliphatic rings. The van der Waals surface area contributed by atoms with Gasteiger partial charge in [-0.15, -0.1) is 0 Å². The highest BCUT2D eigenvalue weighted by Crippen LogP contribution is 2.24. The van der Waals surface area contributed by atoms with Gasteiger partial charge >= 0.3 is 0 Å². The lowest BCUT2D eigenvalue weighted by molar-refractivity contribution is 0.129. The fourth-order valence-corrected chi connectivity index (χ4v) is 4.30. The van der Waals surface area contributed by atoms with E-state index in [0.717, 1.165) is 41.4 Å². The molecule has 1 aromatic heterocycles. The Hall–Kier alpha value is -1.82. The molecule has 1 aliphatic heterocycles. The first kappa shape index (κ1) is 17.6. The minimum atomic E-state index is -0.0135. The van der Waals surface area contributed by atoms with E-state index in [1.165, 1.54) is 0 Å². The number of fused-ring (bicyclic) bond motifs is 1. The summed E-state index contributed by atoms with van der Waals surface area (Å²) < 4.78 is 7.47. The second-order valence-electron chi connectivity index (χ2n) is 6.38. The van der Waals surface area contributed by atoms with E-state index in [-0.39, 0.29) is 11.7 Å². The van der Waals surface area contributed by atoms with Crippen molar-refractivity contribution in [1.82, 2.24) is 9.55 Å². The van der Waals surface area contributed by atoms with E-state index in [1.54, 1.807) is 16.3 Å². The van der Waals surface area contributed by atoms with Gasteiger partial charge in [-0.3, -0.25) is 9.36 Å². The molecule has 0 spiro atoms. The highest BCUT2D eigenvalue weighted by molar-refractivity contribution is 7.99. The third kappa shape index (κ3) is 3.80. The van der Waals surface area contributed by atoms with Crippen LogP contribution in [0.5, 0.6) is 0 Å². The maximum Gasteiger partial charge on any atom is 0.262 e. The summed E-state index contributed by atoms with van der Waals surface area (Å²) in [7, 11) is 0.